The van der Waals surface area contributed by atoms with Gasteiger partial charge in [0.25, 0.3) is 12.4 Å². The van der Waals surface area contributed by atoms with Crippen LogP contribution in [0.15, 0.2) is 60.9 Å². The number of aliphatic hydroxyl groups is 2. The van der Waals surface area contributed by atoms with E-state index in [-0.39, 0.29) is 37.4 Å². The minimum Gasteiger partial charge on any atom is -0.483 e. The fraction of sp³-hybridized carbons (Fsp3) is 0.304. The average molecular weight is 421 g/mol. The van der Waals surface area contributed by atoms with Crippen molar-refractivity contribution in [2.45, 2.75) is 12.0 Å². The van der Waals surface area contributed by atoms with Gasteiger partial charge in [0.1, 0.15) is 5.52 Å². The van der Waals surface area contributed by atoms with Crippen LogP contribution in [-0.4, -0.2) is 68.4 Å². The lowest BCUT2D eigenvalue weighted by atomic mass is 9.95. The van der Waals surface area contributed by atoms with E-state index in [0.717, 1.165) is 5.56 Å². The molecule has 8 heteroatoms. The summed E-state index contributed by atoms with van der Waals surface area (Å²) in [5.74, 6) is -0.147. The smallest absolute Gasteiger partial charge is 0.290 e. The Balaban J connectivity index is 0.000000730. The van der Waals surface area contributed by atoms with Crippen LogP contribution in [-0.2, 0) is 4.79 Å². The Labute approximate surface area is 178 Å². The summed E-state index contributed by atoms with van der Waals surface area (Å²) in [6.07, 6.45) is 2.51. The van der Waals surface area contributed by atoms with E-state index in [1.807, 2.05) is 36.4 Å². The molecule has 1 aliphatic carbocycles. The van der Waals surface area contributed by atoms with Crippen LogP contribution in [0.5, 0.6) is 0 Å². The number of amides is 1. The first-order chi connectivity index (χ1) is 15.1. The predicted molar refractivity (Wildman–Crippen MR) is 112 cm³/mol. The molecular weight excluding hydrogens is 398 g/mol. The number of rotatable bonds is 3. The molecule has 0 unspecified atom stereocenters. The SMILES string of the molecule is O=C(c1cccc2nccnc12)N1C[C@@H](O)[C@@]2(C1)[C@H](CO)[C@H]2c1ccccc1.O=CO. The van der Waals surface area contributed by atoms with Crippen LogP contribution in [0.25, 0.3) is 11.0 Å². The number of fused-ring (bicyclic) bond motifs is 1. The Bertz CT molecular complexity index is 1090. The molecular formula is C23H23N3O5. The van der Waals surface area contributed by atoms with Crippen molar-refractivity contribution in [1.29, 1.82) is 0 Å². The van der Waals surface area contributed by atoms with Crippen LogP contribution in [0.1, 0.15) is 21.8 Å². The van der Waals surface area contributed by atoms with Crippen molar-refractivity contribution in [1.82, 2.24) is 14.9 Å². The van der Waals surface area contributed by atoms with E-state index in [1.54, 1.807) is 29.4 Å². The lowest BCUT2D eigenvalue weighted by Crippen LogP contribution is -2.30. The molecule has 0 radical (unpaired) electrons. The highest BCUT2D eigenvalue weighted by molar-refractivity contribution is 6.04. The molecule has 2 aromatic carbocycles. The van der Waals surface area contributed by atoms with Gasteiger partial charge in [-0.15, -0.1) is 0 Å². The molecule has 4 atom stereocenters. The lowest BCUT2D eigenvalue weighted by molar-refractivity contribution is -0.122. The lowest BCUT2D eigenvalue weighted by Gasteiger charge is -2.17. The van der Waals surface area contributed by atoms with Gasteiger partial charge in [-0.25, -0.2) is 0 Å². The second kappa shape index (κ2) is 8.41. The first-order valence-corrected chi connectivity index (χ1v) is 9.99. The number of para-hydroxylation sites is 1. The highest BCUT2D eigenvalue weighted by atomic mass is 16.3. The number of carbonyl (C=O) groups is 2. The van der Waals surface area contributed by atoms with Crippen molar-refractivity contribution in [3.8, 4) is 0 Å². The van der Waals surface area contributed by atoms with Crippen molar-refractivity contribution in [3.63, 3.8) is 0 Å². The molecule has 5 rings (SSSR count). The Kier molecular flexibility index (Phi) is 5.67. The molecule has 3 aromatic rings. The number of hydrogen-bond acceptors (Lipinski definition) is 6. The summed E-state index contributed by atoms with van der Waals surface area (Å²) in [6.45, 7) is 0.433. The first kappa shape index (κ1) is 20.9. The van der Waals surface area contributed by atoms with Gasteiger partial charge >= 0.3 is 0 Å². The minimum absolute atomic E-state index is 0.00159. The van der Waals surface area contributed by atoms with Crippen LogP contribution >= 0.6 is 0 Å². The maximum absolute atomic E-state index is 13.2. The van der Waals surface area contributed by atoms with Crippen LogP contribution < -0.4 is 0 Å². The maximum Gasteiger partial charge on any atom is 0.290 e. The van der Waals surface area contributed by atoms with E-state index in [0.29, 0.717) is 23.1 Å². The number of hydrogen-bond donors (Lipinski definition) is 3. The van der Waals surface area contributed by atoms with E-state index in [2.05, 4.69) is 9.97 Å². The van der Waals surface area contributed by atoms with Gasteiger partial charge in [0.05, 0.1) is 17.2 Å². The van der Waals surface area contributed by atoms with Crippen LogP contribution in [0.4, 0.5) is 0 Å². The zero-order valence-electron chi connectivity index (χ0n) is 16.7. The van der Waals surface area contributed by atoms with Crippen LogP contribution in [0, 0.1) is 11.3 Å². The molecule has 3 N–H and O–H groups in total. The molecule has 31 heavy (non-hydrogen) atoms. The fourth-order valence-electron chi connectivity index (χ4n) is 5.06. The molecule has 8 nitrogen and oxygen atoms in total. The van der Waals surface area contributed by atoms with Gasteiger partial charge in [-0.1, -0.05) is 36.4 Å². The fourth-order valence-corrected chi connectivity index (χ4v) is 5.06. The summed E-state index contributed by atoms with van der Waals surface area (Å²) in [5, 5.41) is 27.7. The van der Waals surface area contributed by atoms with Crippen molar-refractivity contribution >= 4 is 23.4 Å². The van der Waals surface area contributed by atoms with E-state index < -0.39 is 11.5 Å². The third-order valence-electron chi connectivity index (χ3n) is 6.41. The molecule has 1 aromatic heterocycles. The van der Waals surface area contributed by atoms with Gasteiger partial charge in [0.15, 0.2) is 0 Å². The van der Waals surface area contributed by atoms with Crippen molar-refractivity contribution in [2.24, 2.45) is 11.3 Å². The second-order valence-electron chi connectivity index (χ2n) is 7.83. The first-order valence-electron chi connectivity index (χ1n) is 9.99. The Morgan fingerprint density at radius 3 is 2.55 bits per heavy atom. The molecule has 1 spiro atoms. The summed E-state index contributed by atoms with van der Waals surface area (Å²) in [6, 6.07) is 15.3. The summed E-state index contributed by atoms with van der Waals surface area (Å²) in [4.78, 5) is 31.9. The molecule has 1 saturated carbocycles. The highest BCUT2D eigenvalue weighted by Crippen LogP contribution is 2.68. The number of aliphatic hydroxyl groups excluding tert-OH is 2. The quantitative estimate of drug-likeness (QED) is 0.548. The second-order valence-corrected chi connectivity index (χ2v) is 7.83. The summed E-state index contributed by atoms with van der Waals surface area (Å²) in [7, 11) is 0. The van der Waals surface area contributed by atoms with Crippen LogP contribution in [0.3, 0.4) is 0 Å². The van der Waals surface area contributed by atoms with Gasteiger partial charge in [0, 0.05) is 37.5 Å². The standard InChI is InChI=1S/C22H21N3O3.CH2O2/c26-12-16-19(14-5-2-1-3-6-14)22(16)13-25(11-18(22)27)21(28)15-7-4-8-17-20(15)24-10-9-23-17;2-1-3/h1-10,16,18-19,26-27H,11-13H2;1H,(H,2,3)/t16-,18-,19-,22-;/m1./s1. The topological polar surface area (TPSA) is 124 Å². The van der Waals surface area contributed by atoms with Crippen molar-refractivity contribution < 1.29 is 24.9 Å². The molecule has 0 bridgehead atoms. The van der Waals surface area contributed by atoms with E-state index in [1.165, 1.54) is 0 Å². The zero-order chi connectivity index (χ0) is 22.0. The largest absolute Gasteiger partial charge is 0.483 e. The Morgan fingerprint density at radius 1 is 1.13 bits per heavy atom. The van der Waals surface area contributed by atoms with Crippen molar-refractivity contribution in [3.05, 3.63) is 72.1 Å². The number of β-amino-alcohol motifs (C(OH)–C–C–N with tert-alkyl or cyclic N) is 1. The van der Waals surface area contributed by atoms with Gasteiger partial charge in [0.2, 0.25) is 0 Å². The molecule has 2 fully saturated rings. The third kappa shape index (κ3) is 3.43. The van der Waals surface area contributed by atoms with Gasteiger partial charge in [-0.3, -0.25) is 19.6 Å². The summed E-state index contributed by atoms with van der Waals surface area (Å²) in [5.41, 5.74) is 2.35. The van der Waals surface area contributed by atoms with E-state index in [9.17, 15) is 15.0 Å². The number of carboxylic acid groups (broad SMARTS) is 1. The molecule has 160 valence electrons. The van der Waals surface area contributed by atoms with E-state index in [4.69, 9.17) is 9.90 Å². The third-order valence-corrected chi connectivity index (χ3v) is 6.41. The van der Waals surface area contributed by atoms with Gasteiger partial charge in [-0.05, 0) is 29.5 Å². The molecule has 1 aliphatic heterocycles. The summed E-state index contributed by atoms with van der Waals surface area (Å²) < 4.78 is 0. The summed E-state index contributed by atoms with van der Waals surface area (Å²) >= 11 is 0. The Morgan fingerprint density at radius 2 is 1.84 bits per heavy atom. The number of likely N-dealkylation sites (tertiary alicyclic amines) is 1. The van der Waals surface area contributed by atoms with E-state index >= 15 is 0 Å². The number of benzene rings is 2. The molecule has 2 heterocycles. The number of carbonyl (C=O) groups excluding carboxylic acids is 1. The molecule has 1 amide bonds. The zero-order valence-corrected chi connectivity index (χ0v) is 16.7. The highest BCUT2D eigenvalue weighted by Gasteiger charge is 2.71. The van der Waals surface area contributed by atoms with Gasteiger partial charge in [-0.2, -0.15) is 0 Å². The monoisotopic (exact) mass is 421 g/mol. The normalized spacial score (nSPS) is 26.4. The maximum atomic E-state index is 13.2. The molecule has 1 saturated heterocycles. The molecule has 2 aliphatic rings. The average Bonchev–Trinajstić information content (AvgIpc) is 3.34. The minimum atomic E-state index is -0.667. The van der Waals surface area contributed by atoms with Crippen LogP contribution in [0.2, 0.25) is 0 Å². The number of aromatic nitrogens is 2. The predicted octanol–water partition coefficient (Wildman–Crippen LogP) is 1.54. The van der Waals surface area contributed by atoms with Gasteiger partial charge < -0.3 is 20.2 Å². The number of nitrogens with zero attached hydrogens (tertiary/aromatic N) is 3. The Hall–Kier alpha value is -3.36. The van der Waals surface area contributed by atoms with Crippen molar-refractivity contribution in [2.75, 3.05) is 19.7 Å².